The molecule has 2 aliphatic heterocycles. The van der Waals surface area contributed by atoms with Crippen LogP contribution in [0.4, 0.5) is 4.79 Å². The number of H-pyrrole nitrogens is 1. The molecule has 3 N–H and O–H groups in total. The number of fused-ring (bicyclic) bond motifs is 1. The number of carbonyl (C=O) groups is 2. The van der Waals surface area contributed by atoms with Crippen molar-refractivity contribution in [2.75, 3.05) is 0 Å². The zero-order chi connectivity index (χ0) is 28.1. The normalized spacial score (nSPS) is 26.5. The Hall–Kier alpha value is -2.85. The van der Waals surface area contributed by atoms with Gasteiger partial charge in [-0.1, -0.05) is 51.0 Å². The number of likely N-dealkylation sites (tertiary alicyclic amines) is 1. The molecule has 4 atom stereocenters. The van der Waals surface area contributed by atoms with Gasteiger partial charge >= 0.3 is 13.2 Å². The molecule has 3 aliphatic rings. The lowest BCUT2D eigenvalue weighted by Crippen LogP contribution is -2.53. The second kappa shape index (κ2) is 10.3. The predicted octanol–water partition coefficient (Wildman–Crippen LogP) is 4.50. The summed E-state index contributed by atoms with van der Waals surface area (Å²) in [5, 5.41) is 11.9. The molecule has 1 aromatic heterocycles. The van der Waals surface area contributed by atoms with Crippen LogP contribution in [0.3, 0.4) is 0 Å². The van der Waals surface area contributed by atoms with E-state index in [2.05, 4.69) is 10.3 Å². The van der Waals surface area contributed by atoms with E-state index in [9.17, 15) is 14.7 Å². The van der Waals surface area contributed by atoms with Gasteiger partial charge in [-0.2, -0.15) is 0 Å². The number of hydrogen-bond acceptors (Lipinski definition) is 5. The Balaban J connectivity index is 1.38. The summed E-state index contributed by atoms with van der Waals surface area (Å²) in [6.45, 7) is 11.9. The highest BCUT2D eigenvalue weighted by Crippen LogP contribution is 2.46. The molecular weight excluding hydrogens is 495 g/mol. The summed E-state index contributed by atoms with van der Waals surface area (Å²) in [4.78, 5) is 35.5. The van der Waals surface area contributed by atoms with E-state index in [1.54, 1.807) is 0 Å². The molecule has 2 saturated heterocycles. The molecule has 1 aliphatic carbocycles. The van der Waals surface area contributed by atoms with E-state index in [0.717, 1.165) is 54.6 Å². The molecule has 10 heteroatoms. The number of benzene rings is 1. The molecule has 1 aromatic carbocycles. The Kier molecular flexibility index (Phi) is 7.31. The highest BCUT2D eigenvalue weighted by Gasteiger charge is 2.52. The van der Waals surface area contributed by atoms with Gasteiger partial charge in [-0.15, -0.1) is 0 Å². The van der Waals surface area contributed by atoms with Gasteiger partial charge in [-0.25, -0.2) is 9.78 Å². The van der Waals surface area contributed by atoms with E-state index in [1.807, 2.05) is 76.9 Å². The van der Waals surface area contributed by atoms with E-state index in [1.165, 1.54) is 0 Å². The van der Waals surface area contributed by atoms with Crippen LogP contribution >= 0.6 is 0 Å². The maximum Gasteiger partial charge on any atom is 0.494 e. The molecule has 5 rings (SSSR count). The Labute approximate surface area is 231 Å². The molecule has 39 heavy (non-hydrogen) atoms. The summed E-state index contributed by atoms with van der Waals surface area (Å²) in [5.74, 6) is 0.835. The van der Waals surface area contributed by atoms with E-state index < -0.39 is 30.5 Å². The van der Waals surface area contributed by atoms with Gasteiger partial charge in [0, 0.05) is 6.04 Å². The van der Waals surface area contributed by atoms with Gasteiger partial charge in [0.2, 0.25) is 5.91 Å². The highest BCUT2D eigenvalue weighted by molar-refractivity contribution is 6.62. The van der Waals surface area contributed by atoms with Crippen LogP contribution in [0.2, 0.25) is 0 Å². The van der Waals surface area contributed by atoms with Crippen molar-refractivity contribution in [3.63, 3.8) is 0 Å². The standard InChI is InChI=1S/C29H41BN4O5/c1-17(2)24(33-27(36)37)26(35)34-22-10-8-7-9-19(22)15-23(34)25-31-16-21(32-25)18-11-13-20(14-12-18)30-38-28(3,4)29(5,6)39-30/h11-14,16-17,19,22-24,33H,7-10,15H2,1-6H3,(H,31,32)(H,36,37)/t19-,22-,23-,24-/m0/s1. The Bertz CT molecular complexity index is 1190. The predicted molar refractivity (Wildman–Crippen MR) is 149 cm³/mol. The summed E-state index contributed by atoms with van der Waals surface area (Å²) in [6.07, 6.45) is 5.74. The lowest BCUT2D eigenvalue weighted by Gasteiger charge is -2.36. The molecule has 1 saturated carbocycles. The van der Waals surface area contributed by atoms with Crippen LogP contribution in [0.5, 0.6) is 0 Å². The van der Waals surface area contributed by atoms with Gasteiger partial charge in [0.25, 0.3) is 0 Å². The molecule has 210 valence electrons. The fourth-order valence-electron chi connectivity index (χ4n) is 6.28. The quantitative estimate of drug-likeness (QED) is 0.468. The van der Waals surface area contributed by atoms with Gasteiger partial charge < -0.3 is 29.6 Å². The zero-order valence-electron chi connectivity index (χ0n) is 23.9. The number of nitrogens with one attached hydrogen (secondary N) is 2. The molecule has 0 bridgehead atoms. The average molecular weight is 536 g/mol. The second-order valence-corrected chi connectivity index (χ2v) is 12.7. The van der Waals surface area contributed by atoms with Crippen molar-refractivity contribution in [3.8, 4) is 11.3 Å². The smallest absolute Gasteiger partial charge is 0.465 e. The van der Waals surface area contributed by atoms with E-state index >= 15 is 0 Å². The number of imidazole rings is 1. The van der Waals surface area contributed by atoms with Crippen LogP contribution in [0.15, 0.2) is 30.5 Å². The van der Waals surface area contributed by atoms with Crippen LogP contribution in [0.1, 0.15) is 85.5 Å². The number of nitrogens with zero attached hydrogens (tertiary/aromatic N) is 2. The summed E-state index contributed by atoms with van der Waals surface area (Å²) in [5.41, 5.74) is 2.02. The van der Waals surface area contributed by atoms with Gasteiger partial charge in [-0.05, 0) is 69.8 Å². The minimum absolute atomic E-state index is 0.112. The van der Waals surface area contributed by atoms with E-state index in [4.69, 9.17) is 14.3 Å². The SMILES string of the molecule is CC(C)[C@H](NC(=O)O)C(=O)N1[C@H](c2ncc(-c3ccc(B4OC(C)(C)C(C)(C)O4)cc3)[nH]2)C[C@@H]2CCCC[C@@H]21. The molecular formula is C29H41BN4O5. The Morgan fingerprint density at radius 1 is 1.10 bits per heavy atom. The molecule has 3 fully saturated rings. The topological polar surface area (TPSA) is 117 Å². The molecule has 2 amide bonds. The number of aromatic nitrogens is 2. The fraction of sp³-hybridized carbons (Fsp3) is 0.621. The van der Waals surface area contributed by atoms with Crippen LogP contribution in [0.25, 0.3) is 11.3 Å². The molecule has 3 heterocycles. The molecule has 0 spiro atoms. The molecule has 9 nitrogen and oxygen atoms in total. The molecule has 2 aromatic rings. The van der Waals surface area contributed by atoms with Gasteiger partial charge in [0.15, 0.2) is 0 Å². The van der Waals surface area contributed by atoms with Crippen molar-refractivity contribution in [2.45, 2.75) is 103 Å². The van der Waals surface area contributed by atoms with E-state index in [0.29, 0.717) is 5.92 Å². The van der Waals surface area contributed by atoms with Crippen LogP contribution < -0.4 is 10.8 Å². The van der Waals surface area contributed by atoms with Crippen molar-refractivity contribution in [1.29, 1.82) is 0 Å². The first-order valence-electron chi connectivity index (χ1n) is 14.2. The maximum absolute atomic E-state index is 13.8. The van der Waals surface area contributed by atoms with Crippen molar-refractivity contribution in [3.05, 3.63) is 36.3 Å². The first-order valence-corrected chi connectivity index (χ1v) is 14.2. The minimum Gasteiger partial charge on any atom is -0.465 e. The second-order valence-electron chi connectivity index (χ2n) is 12.7. The van der Waals surface area contributed by atoms with Crippen molar-refractivity contribution in [2.24, 2.45) is 11.8 Å². The van der Waals surface area contributed by atoms with Gasteiger partial charge in [0.05, 0.1) is 29.1 Å². The number of aromatic amines is 1. The van der Waals surface area contributed by atoms with Crippen LogP contribution in [-0.4, -0.2) is 62.4 Å². The Morgan fingerprint density at radius 2 is 1.74 bits per heavy atom. The third kappa shape index (κ3) is 5.21. The summed E-state index contributed by atoms with van der Waals surface area (Å²) in [6, 6.07) is 7.20. The lowest BCUT2D eigenvalue weighted by atomic mass is 9.79. The first kappa shape index (κ1) is 27.7. The summed E-state index contributed by atoms with van der Waals surface area (Å²) >= 11 is 0. The third-order valence-corrected chi connectivity index (χ3v) is 9.21. The van der Waals surface area contributed by atoms with Crippen molar-refractivity contribution in [1.82, 2.24) is 20.2 Å². The van der Waals surface area contributed by atoms with Crippen LogP contribution in [0, 0.1) is 11.8 Å². The van der Waals surface area contributed by atoms with E-state index in [-0.39, 0.29) is 23.9 Å². The number of rotatable bonds is 6. The number of hydrogen-bond donors (Lipinski definition) is 3. The minimum atomic E-state index is -1.18. The number of carbonyl (C=O) groups excluding carboxylic acids is 1. The summed E-state index contributed by atoms with van der Waals surface area (Å²) < 4.78 is 12.4. The maximum atomic E-state index is 13.8. The lowest BCUT2D eigenvalue weighted by molar-refractivity contribution is -0.138. The number of amides is 2. The van der Waals surface area contributed by atoms with Gasteiger partial charge in [-0.3, -0.25) is 4.79 Å². The fourth-order valence-corrected chi connectivity index (χ4v) is 6.28. The molecule has 0 radical (unpaired) electrons. The Morgan fingerprint density at radius 3 is 2.36 bits per heavy atom. The number of carboxylic acid groups (broad SMARTS) is 1. The largest absolute Gasteiger partial charge is 0.494 e. The monoisotopic (exact) mass is 536 g/mol. The van der Waals surface area contributed by atoms with Gasteiger partial charge in [0.1, 0.15) is 11.9 Å². The highest BCUT2D eigenvalue weighted by atomic mass is 16.7. The summed E-state index contributed by atoms with van der Waals surface area (Å²) in [7, 11) is -0.420. The van der Waals surface area contributed by atoms with Crippen molar-refractivity contribution < 1.29 is 24.0 Å². The third-order valence-electron chi connectivity index (χ3n) is 9.21. The van der Waals surface area contributed by atoms with Crippen LogP contribution in [-0.2, 0) is 14.1 Å². The van der Waals surface area contributed by atoms with Crippen molar-refractivity contribution >= 4 is 24.6 Å². The first-order chi connectivity index (χ1) is 18.4. The molecule has 0 unspecified atom stereocenters. The average Bonchev–Trinajstić information content (AvgIpc) is 3.56. The zero-order valence-corrected chi connectivity index (χ0v) is 23.9.